The standard InChI is InChI=1S/C11H16N2/c1-9(13-11-5-2-6-11)10-4-3-7-12-8-10/h3-4,7-9,11,13H,2,5-6H2,1H3. The quantitative estimate of drug-likeness (QED) is 0.764. The first kappa shape index (κ1) is 8.70. The smallest absolute Gasteiger partial charge is 0.0315 e. The Morgan fingerprint density at radius 2 is 2.38 bits per heavy atom. The fourth-order valence-electron chi connectivity index (χ4n) is 1.66. The molecule has 0 radical (unpaired) electrons. The van der Waals surface area contributed by atoms with Crippen LogP contribution in [0.1, 0.15) is 37.8 Å². The van der Waals surface area contributed by atoms with Crippen molar-refractivity contribution in [1.82, 2.24) is 10.3 Å². The van der Waals surface area contributed by atoms with Crippen LogP contribution in [0.3, 0.4) is 0 Å². The molecule has 70 valence electrons. The van der Waals surface area contributed by atoms with Crippen LogP contribution in [-0.2, 0) is 0 Å². The van der Waals surface area contributed by atoms with Crippen LogP contribution in [0.2, 0.25) is 0 Å². The zero-order valence-corrected chi connectivity index (χ0v) is 8.03. The summed E-state index contributed by atoms with van der Waals surface area (Å²) in [5, 5.41) is 3.59. The van der Waals surface area contributed by atoms with Gasteiger partial charge >= 0.3 is 0 Å². The van der Waals surface area contributed by atoms with Gasteiger partial charge in [-0.15, -0.1) is 0 Å². The van der Waals surface area contributed by atoms with E-state index in [-0.39, 0.29) is 0 Å². The van der Waals surface area contributed by atoms with E-state index >= 15 is 0 Å². The molecule has 1 aromatic heterocycles. The topological polar surface area (TPSA) is 24.9 Å². The lowest BCUT2D eigenvalue weighted by Crippen LogP contribution is -2.36. The number of hydrogen-bond acceptors (Lipinski definition) is 2. The molecule has 2 rings (SSSR count). The summed E-state index contributed by atoms with van der Waals surface area (Å²) in [6.45, 7) is 2.20. The fraction of sp³-hybridized carbons (Fsp3) is 0.545. The summed E-state index contributed by atoms with van der Waals surface area (Å²) < 4.78 is 0. The third-order valence-corrected chi connectivity index (χ3v) is 2.78. The minimum atomic E-state index is 0.444. The van der Waals surface area contributed by atoms with Gasteiger partial charge in [0, 0.05) is 24.5 Å². The van der Waals surface area contributed by atoms with Gasteiger partial charge in [-0.3, -0.25) is 4.98 Å². The maximum absolute atomic E-state index is 4.12. The van der Waals surface area contributed by atoms with Crippen molar-refractivity contribution < 1.29 is 0 Å². The number of nitrogens with zero attached hydrogens (tertiary/aromatic N) is 1. The van der Waals surface area contributed by atoms with Crippen LogP contribution in [0.5, 0.6) is 0 Å². The third kappa shape index (κ3) is 2.07. The van der Waals surface area contributed by atoms with Crippen LogP contribution >= 0.6 is 0 Å². The van der Waals surface area contributed by atoms with Gasteiger partial charge in [0.1, 0.15) is 0 Å². The lowest BCUT2D eigenvalue weighted by atomic mass is 9.92. The first-order valence-electron chi connectivity index (χ1n) is 5.02. The van der Waals surface area contributed by atoms with E-state index in [1.165, 1.54) is 24.8 Å². The Morgan fingerprint density at radius 3 is 2.92 bits per heavy atom. The van der Waals surface area contributed by atoms with Crippen LogP contribution < -0.4 is 5.32 Å². The molecule has 1 aliphatic carbocycles. The van der Waals surface area contributed by atoms with Crippen molar-refractivity contribution in [3.63, 3.8) is 0 Å². The van der Waals surface area contributed by atoms with Gasteiger partial charge in [0.05, 0.1) is 0 Å². The molecule has 1 aliphatic rings. The van der Waals surface area contributed by atoms with E-state index in [0.717, 1.165) is 6.04 Å². The van der Waals surface area contributed by atoms with Crippen LogP contribution in [0, 0.1) is 0 Å². The zero-order valence-electron chi connectivity index (χ0n) is 8.03. The second-order valence-electron chi connectivity index (χ2n) is 3.80. The maximum Gasteiger partial charge on any atom is 0.0315 e. The normalized spacial score (nSPS) is 19.5. The fourth-order valence-corrected chi connectivity index (χ4v) is 1.66. The van der Waals surface area contributed by atoms with E-state index in [4.69, 9.17) is 0 Å². The molecule has 0 amide bonds. The SMILES string of the molecule is CC(NC1CCC1)c1cccnc1. The van der Waals surface area contributed by atoms with E-state index in [1.54, 1.807) is 0 Å². The average Bonchev–Trinajstić information content (AvgIpc) is 2.12. The molecule has 1 heterocycles. The number of hydrogen-bond donors (Lipinski definition) is 1. The number of rotatable bonds is 3. The second-order valence-corrected chi connectivity index (χ2v) is 3.80. The summed E-state index contributed by atoms with van der Waals surface area (Å²) in [5.41, 5.74) is 1.29. The molecule has 1 aromatic rings. The Kier molecular flexibility index (Phi) is 2.60. The Morgan fingerprint density at radius 1 is 1.54 bits per heavy atom. The molecule has 0 aliphatic heterocycles. The molecule has 2 heteroatoms. The minimum absolute atomic E-state index is 0.444. The summed E-state index contributed by atoms with van der Waals surface area (Å²) >= 11 is 0. The Labute approximate surface area is 79.4 Å². The molecule has 0 bridgehead atoms. The Balaban J connectivity index is 1.92. The van der Waals surface area contributed by atoms with E-state index in [2.05, 4.69) is 23.3 Å². The zero-order chi connectivity index (χ0) is 9.10. The van der Waals surface area contributed by atoms with Crippen LogP contribution in [0.4, 0.5) is 0 Å². The van der Waals surface area contributed by atoms with Crippen molar-refractivity contribution in [2.75, 3.05) is 0 Å². The molecular formula is C11H16N2. The largest absolute Gasteiger partial charge is 0.307 e. The van der Waals surface area contributed by atoms with Crippen LogP contribution in [0.25, 0.3) is 0 Å². The highest BCUT2D eigenvalue weighted by atomic mass is 15.0. The van der Waals surface area contributed by atoms with Gasteiger partial charge < -0.3 is 5.32 Å². The van der Waals surface area contributed by atoms with E-state index in [9.17, 15) is 0 Å². The highest BCUT2D eigenvalue weighted by molar-refractivity contribution is 5.13. The highest BCUT2D eigenvalue weighted by Gasteiger charge is 2.19. The summed E-state index contributed by atoms with van der Waals surface area (Å²) in [7, 11) is 0. The van der Waals surface area contributed by atoms with Gasteiger partial charge in [0.2, 0.25) is 0 Å². The molecule has 1 fully saturated rings. The second kappa shape index (κ2) is 3.88. The number of aromatic nitrogens is 1. The molecule has 1 N–H and O–H groups in total. The van der Waals surface area contributed by atoms with Crippen molar-refractivity contribution in [2.45, 2.75) is 38.3 Å². The predicted octanol–water partition coefficient (Wildman–Crippen LogP) is 2.28. The van der Waals surface area contributed by atoms with Gasteiger partial charge in [-0.05, 0) is 31.4 Å². The van der Waals surface area contributed by atoms with Crippen LogP contribution in [0.15, 0.2) is 24.5 Å². The molecule has 1 saturated carbocycles. The van der Waals surface area contributed by atoms with Gasteiger partial charge in [-0.25, -0.2) is 0 Å². The Bertz CT molecular complexity index is 254. The first-order valence-corrected chi connectivity index (χ1v) is 5.02. The van der Waals surface area contributed by atoms with Crippen molar-refractivity contribution >= 4 is 0 Å². The molecule has 0 spiro atoms. The van der Waals surface area contributed by atoms with Gasteiger partial charge in [0.15, 0.2) is 0 Å². The lowest BCUT2D eigenvalue weighted by Gasteiger charge is -2.30. The maximum atomic E-state index is 4.12. The Hall–Kier alpha value is -0.890. The van der Waals surface area contributed by atoms with Gasteiger partial charge in [-0.1, -0.05) is 12.5 Å². The first-order chi connectivity index (χ1) is 6.36. The molecule has 1 unspecified atom stereocenters. The van der Waals surface area contributed by atoms with Crippen molar-refractivity contribution in [3.8, 4) is 0 Å². The average molecular weight is 176 g/mol. The monoisotopic (exact) mass is 176 g/mol. The predicted molar refractivity (Wildman–Crippen MR) is 53.4 cm³/mol. The van der Waals surface area contributed by atoms with E-state index < -0.39 is 0 Å². The van der Waals surface area contributed by atoms with E-state index in [1.807, 2.05) is 18.5 Å². The summed E-state index contributed by atoms with van der Waals surface area (Å²) in [4.78, 5) is 4.12. The van der Waals surface area contributed by atoms with Gasteiger partial charge in [0.25, 0.3) is 0 Å². The third-order valence-electron chi connectivity index (χ3n) is 2.78. The van der Waals surface area contributed by atoms with Crippen LogP contribution in [-0.4, -0.2) is 11.0 Å². The summed E-state index contributed by atoms with van der Waals surface area (Å²) in [6.07, 6.45) is 7.82. The van der Waals surface area contributed by atoms with Crippen molar-refractivity contribution in [1.29, 1.82) is 0 Å². The summed E-state index contributed by atoms with van der Waals surface area (Å²) in [5.74, 6) is 0. The summed E-state index contributed by atoms with van der Waals surface area (Å²) in [6, 6.07) is 5.31. The van der Waals surface area contributed by atoms with Gasteiger partial charge in [-0.2, -0.15) is 0 Å². The number of pyridine rings is 1. The minimum Gasteiger partial charge on any atom is -0.307 e. The number of nitrogens with one attached hydrogen (secondary N) is 1. The molecule has 0 aromatic carbocycles. The highest BCUT2D eigenvalue weighted by Crippen LogP contribution is 2.22. The van der Waals surface area contributed by atoms with E-state index in [0.29, 0.717) is 6.04 Å². The molecule has 0 saturated heterocycles. The van der Waals surface area contributed by atoms with Crippen molar-refractivity contribution in [3.05, 3.63) is 30.1 Å². The lowest BCUT2D eigenvalue weighted by molar-refractivity contribution is 0.313. The van der Waals surface area contributed by atoms with Crippen molar-refractivity contribution in [2.24, 2.45) is 0 Å². The molecular weight excluding hydrogens is 160 g/mol. The molecule has 1 atom stereocenters. The molecule has 13 heavy (non-hydrogen) atoms. The molecule has 2 nitrogen and oxygen atoms in total.